The maximum atomic E-state index is 13.2. The third-order valence-corrected chi connectivity index (χ3v) is 5.02. The van der Waals surface area contributed by atoms with Crippen LogP contribution in [-0.4, -0.2) is 29.0 Å². The Hall–Kier alpha value is -3.28. The molecule has 1 amide bonds. The lowest BCUT2D eigenvalue weighted by Gasteiger charge is -2.24. The van der Waals surface area contributed by atoms with Crippen LogP contribution >= 0.6 is 0 Å². The van der Waals surface area contributed by atoms with Crippen molar-refractivity contribution in [2.24, 2.45) is 0 Å². The maximum absolute atomic E-state index is 13.2. The molecule has 29 heavy (non-hydrogen) atoms. The van der Waals surface area contributed by atoms with Crippen LogP contribution in [0.3, 0.4) is 0 Å². The molecule has 2 aliphatic heterocycles. The molecule has 6 nitrogen and oxygen atoms in total. The lowest BCUT2D eigenvalue weighted by atomic mass is 9.96. The van der Waals surface area contributed by atoms with Crippen LogP contribution in [0.1, 0.15) is 54.7 Å². The molecular formula is C23H25N3O3. The van der Waals surface area contributed by atoms with E-state index in [1.165, 1.54) is 0 Å². The summed E-state index contributed by atoms with van der Waals surface area (Å²) >= 11 is 0. The van der Waals surface area contributed by atoms with Crippen molar-refractivity contribution in [3.05, 3.63) is 71.4 Å². The van der Waals surface area contributed by atoms with E-state index >= 15 is 0 Å². The van der Waals surface area contributed by atoms with E-state index in [4.69, 9.17) is 4.74 Å². The van der Waals surface area contributed by atoms with Gasteiger partial charge in [-0.1, -0.05) is 36.4 Å². The highest BCUT2D eigenvalue weighted by atomic mass is 16.6. The number of nitrogens with one attached hydrogen (secondary N) is 2. The SMILES string of the molecule is CC(C)(C)OC(=O)Nc1ccccc1C(=O)CC1c2ccccc2C2=CNCN21. The predicted octanol–water partition coefficient (Wildman–Crippen LogP) is 4.52. The summed E-state index contributed by atoms with van der Waals surface area (Å²) in [6.07, 6.45) is 1.75. The Bertz CT molecular complexity index is 991. The van der Waals surface area contributed by atoms with Crippen LogP contribution in [0.4, 0.5) is 10.5 Å². The van der Waals surface area contributed by atoms with E-state index in [1.807, 2.05) is 18.3 Å². The lowest BCUT2D eigenvalue weighted by Crippen LogP contribution is -2.28. The number of ketones is 1. The molecule has 0 fully saturated rings. The van der Waals surface area contributed by atoms with Gasteiger partial charge in [-0.15, -0.1) is 0 Å². The van der Waals surface area contributed by atoms with E-state index in [0.717, 1.165) is 16.8 Å². The standard InChI is InChI=1S/C23H25N3O3/c1-23(2,3)29-22(28)25-18-11-7-6-10-17(18)21(27)12-19-15-8-4-5-9-16(15)20-13-24-14-26(19)20/h4-11,13,19,24H,12,14H2,1-3H3,(H,25,28). The van der Waals surface area contributed by atoms with Gasteiger partial charge in [-0.25, -0.2) is 4.79 Å². The summed E-state index contributed by atoms with van der Waals surface area (Å²) in [7, 11) is 0. The van der Waals surface area contributed by atoms with Crippen LogP contribution in [0.25, 0.3) is 5.70 Å². The second-order valence-electron chi connectivity index (χ2n) is 8.26. The molecule has 1 atom stereocenters. The molecule has 6 heteroatoms. The molecule has 1 unspecified atom stereocenters. The van der Waals surface area contributed by atoms with Crippen LogP contribution in [-0.2, 0) is 4.74 Å². The molecule has 2 heterocycles. The smallest absolute Gasteiger partial charge is 0.412 e. The number of carbonyl (C=O) groups excluding carboxylic acids is 2. The summed E-state index contributed by atoms with van der Waals surface area (Å²) in [5.74, 6) is -0.0235. The van der Waals surface area contributed by atoms with Gasteiger partial charge in [0.05, 0.1) is 24.1 Å². The Morgan fingerprint density at radius 3 is 2.66 bits per heavy atom. The summed E-state index contributed by atoms with van der Waals surface area (Å²) in [5.41, 5.74) is 3.79. The molecule has 150 valence electrons. The minimum atomic E-state index is -0.609. The van der Waals surface area contributed by atoms with Crippen molar-refractivity contribution in [3.63, 3.8) is 0 Å². The van der Waals surface area contributed by atoms with Gasteiger partial charge in [-0.2, -0.15) is 0 Å². The van der Waals surface area contributed by atoms with Gasteiger partial charge in [0, 0.05) is 23.7 Å². The number of Topliss-reactive ketones (excluding diaryl/α,β-unsaturated/α-hetero) is 1. The van der Waals surface area contributed by atoms with Crippen LogP contribution in [0.5, 0.6) is 0 Å². The fourth-order valence-electron chi connectivity index (χ4n) is 3.86. The number of amides is 1. The number of hydrogen-bond acceptors (Lipinski definition) is 5. The number of carbonyl (C=O) groups is 2. The Balaban J connectivity index is 1.56. The van der Waals surface area contributed by atoms with E-state index in [2.05, 4.69) is 27.7 Å². The number of nitrogens with zero attached hydrogens (tertiary/aromatic N) is 1. The predicted molar refractivity (Wildman–Crippen MR) is 112 cm³/mol. The van der Waals surface area contributed by atoms with Gasteiger partial charge < -0.3 is 15.0 Å². The average molecular weight is 391 g/mol. The topological polar surface area (TPSA) is 70.7 Å². The first-order chi connectivity index (χ1) is 13.8. The molecule has 0 aliphatic carbocycles. The Morgan fingerprint density at radius 2 is 1.86 bits per heavy atom. The van der Waals surface area contributed by atoms with Gasteiger partial charge in [0.2, 0.25) is 0 Å². The van der Waals surface area contributed by atoms with Gasteiger partial charge in [0.25, 0.3) is 0 Å². The Morgan fingerprint density at radius 1 is 1.14 bits per heavy atom. The minimum Gasteiger partial charge on any atom is -0.444 e. The van der Waals surface area contributed by atoms with Crippen molar-refractivity contribution < 1.29 is 14.3 Å². The van der Waals surface area contributed by atoms with E-state index in [-0.39, 0.29) is 11.8 Å². The fourth-order valence-corrected chi connectivity index (χ4v) is 3.86. The Labute approximate surface area is 170 Å². The molecule has 0 bridgehead atoms. The highest BCUT2D eigenvalue weighted by molar-refractivity contribution is 6.04. The van der Waals surface area contributed by atoms with Crippen molar-refractivity contribution in [2.75, 3.05) is 12.0 Å². The minimum absolute atomic E-state index is 0.0235. The third-order valence-electron chi connectivity index (χ3n) is 5.02. The van der Waals surface area contributed by atoms with Gasteiger partial charge in [-0.3, -0.25) is 10.1 Å². The van der Waals surface area contributed by atoms with E-state index < -0.39 is 11.7 Å². The molecule has 2 aliphatic rings. The first-order valence-corrected chi connectivity index (χ1v) is 9.75. The van der Waals surface area contributed by atoms with E-state index in [0.29, 0.717) is 24.3 Å². The molecule has 2 N–H and O–H groups in total. The molecule has 2 aromatic rings. The molecule has 0 saturated carbocycles. The normalized spacial score (nSPS) is 17.1. The third kappa shape index (κ3) is 3.83. The van der Waals surface area contributed by atoms with Gasteiger partial charge in [0.1, 0.15) is 5.60 Å². The number of benzene rings is 2. The van der Waals surface area contributed by atoms with Crippen LogP contribution in [0.2, 0.25) is 0 Å². The zero-order valence-corrected chi connectivity index (χ0v) is 16.9. The van der Waals surface area contributed by atoms with Crippen molar-refractivity contribution in [2.45, 2.75) is 38.8 Å². The summed E-state index contributed by atoms with van der Waals surface area (Å²) in [6.45, 7) is 6.09. The van der Waals surface area contributed by atoms with Crippen molar-refractivity contribution in [3.8, 4) is 0 Å². The van der Waals surface area contributed by atoms with Gasteiger partial charge >= 0.3 is 6.09 Å². The summed E-state index contributed by atoms with van der Waals surface area (Å²) in [6, 6.07) is 15.2. The zero-order valence-electron chi connectivity index (χ0n) is 16.9. The number of hydrogen-bond donors (Lipinski definition) is 2. The maximum Gasteiger partial charge on any atom is 0.412 e. The van der Waals surface area contributed by atoms with Crippen LogP contribution in [0.15, 0.2) is 54.7 Å². The van der Waals surface area contributed by atoms with E-state index in [1.54, 1.807) is 45.0 Å². The van der Waals surface area contributed by atoms with Crippen molar-refractivity contribution >= 4 is 23.3 Å². The van der Waals surface area contributed by atoms with Gasteiger partial charge in [-0.05, 0) is 38.5 Å². The quantitative estimate of drug-likeness (QED) is 0.750. The molecule has 2 aromatic carbocycles. The number of fused-ring (bicyclic) bond motifs is 3. The number of anilines is 1. The summed E-state index contributed by atoms with van der Waals surface area (Å²) in [4.78, 5) is 27.6. The second kappa shape index (κ2) is 7.28. The molecule has 4 rings (SSSR count). The zero-order chi connectivity index (χ0) is 20.6. The van der Waals surface area contributed by atoms with Crippen LogP contribution in [0, 0.1) is 0 Å². The molecule has 0 saturated heterocycles. The van der Waals surface area contributed by atoms with Crippen molar-refractivity contribution in [1.29, 1.82) is 0 Å². The molecule has 0 aromatic heterocycles. The monoisotopic (exact) mass is 391 g/mol. The van der Waals surface area contributed by atoms with Crippen molar-refractivity contribution in [1.82, 2.24) is 10.2 Å². The second-order valence-corrected chi connectivity index (χ2v) is 8.26. The van der Waals surface area contributed by atoms with Gasteiger partial charge in [0.15, 0.2) is 5.78 Å². The first-order valence-electron chi connectivity index (χ1n) is 9.75. The highest BCUT2D eigenvalue weighted by Crippen LogP contribution is 2.44. The first kappa shape index (κ1) is 19.1. The largest absolute Gasteiger partial charge is 0.444 e. The van der Waals surface area contributed by atoms with Crippen LogP contribution < -0.4 is 10.6 Å². The Kier molecular flexibility index (Phi) is 4.78. The summed E-state index contributed by atoms with van der Waals surface area (Å²) < 4.78 is 5.33. The average Bonchev–Trinajstić information content (AvgIpc) is 3.23. The number of ether oxygens (including phenoxy) is 1. The fraction of sp³-hybridized carbons (Fsp3) is 0.304. The molecule has 0 radical (unpaired) electrons. The molecule has 0 spiro atoms. The summed E-state index contributed by atoms with van der Waals surface area (Å²) in [5, 5.41) is 5.97. The number of rotatable bonds is 4. The molecular weight excluding hydrogens is 366 g/mol. The lowest BCUT2D eigenvalue weighted by molar-refractivity contribution is 0.0636. The number of para-hydroxylation sites is 1. The van der Waals surface area contributed by atoms with E-state index in [9.17, 15) is 9.59 Å². The highest BCUT2D eigenvalue weighted by Gasteiger charge is 2.37.